The summed E-state index contributed by atoms with van der Waals surface area (Å²) in [5, 5.41) is 9.83. The summed E-state index contributed by atoms with van der Waals surface area (Å²) < 4.78 is 0. The molecule has 1 aromatic heterocycles. The predicted octanol–water partition coefficient (Wildman–Crippen LogP) is 1.28. The monoisotopic (exact) mass is 249 g/mol. The number of aryl methyl sites for hydroxylation is 1. The highest BCUT2D eigenvalue weighted by molar-refractivity contribution is 5.46. The van der Waals surface area contributed by atoms with Gasteiger partial charge in [-0.3, -0.25) is 9.88 Å². The standard InChI is InChI=1S/C14H23N3O/c1-12-10-13(4-5-15-12)17-8-6-16(7-9-17)11-14(2,3)18/h4-5,10,18H,6-9,11H2,1-3H3. The number of aromatic nitrogens is 1. The minimum absolute atomic E-state index is 0.602. The minimum atomic E-state index is -0.602. The van der Waals surface area contributed by atoms with Crippen LogP contribution in [0.5, 0.6) is 0 Å². The van der Waals surface area contributed by atoms with Gasteiger partial charge in [-0.15, -0.1) is 0 Å². The van der Waals surface area contributed by atoms with E-state index < -0.39 is 5.60 Å². The molecule has 2 heterocycles. The maximum atomic E-state index is 9.83. The van der Waals surface area contributed by atoms with Crippen LogP contribution in [0.4, 0.5) is 5.69 Å². The van der Waals surface area contributed by atoms with Gasteiger partial charge in [-0.1, -0.05) is 0 Å². The van der Waals surface area contributed by atoms with Crippen molar-refractivity contribution in [3.8, 4) is 0 Å². The second kappa shape index (κ2) is 5.24. The van der Waals surface area contributed by atoms with Gasteiger partial charge in [0.15, 0.2) is 0 Å². The van der Waals surface area contributed by atoms with Gasteiger partial charge in [0.25, 0.3) is 0 Å². The van der Waals surface area contributed by atoms with Crippen LogP contribution in [0.2, 0.25) is 0 Å². The Morgan fingerprint density at radius 3 is 2.50 bits per heavy atom. The van der Waals surface area contributed by atoms with E-state index in [1.807, 2.05) is 27.0 Å². The van der Waals surface area contributed by atoms with Gasteiger partial charge in [-0.25, -0.2) is 0 Å². The lowest BCUT2D eigenvalue weighted by Gasteiger charge is -2.38. The van der Waals surface area contributed by atoms with Gasteiger partial charge in [0.2, 0.25) is 0 Å². The zero-order valence-corrected chi connectivity index (χ0v) is 11.6. The zero-order valence-electron chi connectivity index (χ0n) is 11.6. The molecule has 18 heavy (non-hydrogen) atoms. The van der Waals surface area contributed by atoms with Crippen LogP contribution in [-0.4, -0.2) is 53.3 Å². The van der Waals surface area contributed by atoms with Crippen LogP contribution in [0.25, 0.3) is 0 Å². The maximum absolute atomic E-state index is 9.83. The first-order chi connectivity index (χ1) is 8.44. The molecule has 2 rings (SSSR count). The van der Waals surface area contributed by atoms with E-state index in [0.29, 0.717) is 0 Å². The third kappa shape index (κ3) is 3.68. The van der Waals surface area contributed by atoms with Crippen molar-refractivity contribution in [3.63, 3.8) is 0 Å². The van der Waals surface area contributed by atoms with Crippen molar-refractivity contribution >= 4 is 5.69 Å². The molecule has 1 N–H and O–H groups in total. The summed E-state index contributed by atoms with van der Waals surface area (Å²) in [6, 6.07) is 4.20. The molecule has 0 saturated carbocycles. The van der Waals surface area contributed by atoms with E-state index in [1.54, 1.807) is 0 Å². The van der Waals surface area contributed by atoms with E-state index in [0.717, 1.165) is 38.4 Å². The largest absolute Gasteiger partial charge is 0.389 e. The fourth-order valence-electron chi connectivity index (χ4n) is 2.44. The van der Waals surface area contributed by atoms with E-state index in [2.05, 4.69) is 26.9 Å². The molecule has 1 aromatic rings. The van der Waals surface area contributed by atoms with Crippen LogP contribution in [0.15, 0.2) is 18.3 Å². The van der Waals surface area contributed by atoms with E-state index in [4.69, 9.17) is 0 Å². The van der Waals surface area contributed by atoms with Crippen molar-refractivity contribution in [2.24, 2.45) is 0 Å². The second-order valence-electron chi connectivity index (χ2n) is 5.73. The summed E-state index contributed by atoms with van der Waals surface area (Å²) in [6.07, 6.45) is 1.87. The Balaban J connectivity index is 1.91. The van der Waals surface area contributed by atoms with Gasteiger partial charge < -0.3 is 10.0 Å². The lowest BCUT2D eigenvalue weighted by molar-refractivity contribution is 0.0345. The van der Waals surface area contributed by atoms with Crippen molar-refractivity contribution < 1.29 is 5.11 Å². The van der Waals surface area contributed by atoms with Crippen molar-refractivity contribution in [2.75, 3.05) is 37.6 Å². The topological polar surface area (TPSA) is 39.6 Å². The molecular formula is C14H23N3O. The van der Waals surface area contributed by atoms with Gasteiger partial charge in [0, 0.05) is 50.3 Å². The van der Waals surface area contributed by atoms with Gasteiger partial charge in [-0.05, 0) is 32.9 Å². The normalized spacial score (nSPS) is 18.1. The number of β-amino-alcohol motifs (C(OH)–C–C–N with tert-alkyl or cyclic N) is 1. The first-order valence-corrected chi connectivity index (χ1v) is 6.56. The van der Waals surface area contributed by atoms with Gasteiger partial charge >= 0.3 is 0 Å². The molecule has 100 valence electrons. The smallest absolute Gasteiger partial charge is 0.0718 e. The molecular weight excluding hydrogens is 226 g/mol. The lowest BCUT2D eigenvalue weighted by Crippen LogP contribution is -2.50. The van der Waals surface area contributed by atoms with Crippen LogP contribution in [0.1, 0.15) is 19.5 Å². The molecule has 0 bridgehead atoms. The Kier molecular flexibility index (Phi) is 3.88. The molecule has 0 aliphatic carbocycles. The van der Waals surface area contributed by atoms with Crippen LogP contribution >= 0.6 is 0 Å². The molecule has 0 aromatic carbocycles. The minimum Gasteiger partial charge on any atom is -0.389 e. The molecule has 0 unspecified atom stereocenters. The van der Waals surface area contributed by atoms with E-state index in [9.17, 15) is 5.11 Å². The number of piperazine rings is 1. The fraction of sp³-hybridized carbons (Fsp3) is 0.643. The van der Waals surface area contributed by atoms with Gasteiger partial charge in [0.05, 0.1) is 5.60 Å². The van der Waals surface area contributed by atoms with Crippen LogP contribution < -0.4 is 4.90 Å². The summed E-state index contributed by atoms with van der Waals surface area (Å²) in [5.41, 5.74) is 1.71. The fourth-order valence-corrected chi connectivity index (χ4v) is 2.44. The summed E-state index contributed by atoms with van der Waals surface area (Å²) in [7, 11) is 0. The lowest BCUT2D eigenvalue weighted by atomic mass is 10.1. The SMILES string of the molecule is Cc1cc(N2CCN(CC(C)(C)O)CC2)ccn1. The van der Waals surface area contributed by atoms with E-state index in [1.165, 1.54) is 5.69 Å². The Labute approximate surface area is 109 Å². The highest BCUT2D eigenvalue weighted by Crippen LogP contribution is 2.17. The zero-order chi connectivity index (χ0) is 13.2. The van der Waals surface area contributed by atoms with Crippen molar-refractivity contribution in [2.45, 2.75) is 26.4 Å². The molecule has 0 radical (unpaired) electrons. The number of anilines is 1. The molecule has 1 aliphatic heterocycles. The molecule has 1 fully saturated rings. The van der Waals surface area contributed by atoms with Crippen LogP contribution in [0.3, 0.4) is 0 Å². The summed E-state index contributed by atoms with van der Waals surface area (Å²) in [5.74, 6) is 0. The molecule has 0 spiro atoms. The third-order valence-electron chi connectivity index (χ3n) is 3.23. The molecule has 4 nitrogen and oxygen atoms in total. The summed E-state index contributed by atoms with van der Waals surface area (Å²) in [6.45, 7) is 10.5. The molecule has 4 heteroatoms. The Bertz CT molecular complexity index is 392. The molecule has 1 saturated heterocycles. The highest BCUT2D eigenvalue weighted by atomic mass is 16.3. The number of rotatable bonds is 3. The number of aliphatic hydroxyl groups is 1. The first-order valence-electron chi connectivity index (χ1n) is 6.56. The number of pyridine rings is 1. The van der Waals surface area contributed by atoms with Crippen molar-refractivity contribution in [1.29, 1.82) is 0 Å². The third-order valence-corrected chi connectivity index (χ3v) is 3.23. The van der Waals surface area contributed by atoms with Crippen LogP contribution in [0, 0.1) is 6.92 Å². The number of hydrogen-bond acceptors (Lipinski definition) is 4. The number of nitrogens with zero attached hydrogens (tertiary/aromatic N) is 3. The highest BCUT2D eigenvalue weighted by Gasteiger charge is 2.22. The number of hydrogen-bond donors (Lipinski definition) is 1. The molecule has 0 amide bonds. The Morgan fingerprint density at radius 1 is 1.28 bits per heavy atom. The summed E-state index contributed by atoms with van der Waals surface area (Å²) in [4.78, 5) is 8.94. The van der Waals surface area contributed by atoms with E-state index >= 15 is 0 Å². The maximum Gasteiger partial charge on any atom is 0.0718 e. The molecule has 0 atom stereocenters. The van der Waals surface area contributed by atoms with Crippen molar-refractivity contribution in [1.82, 2.24) is 9.88 Å². The van der Waals surface area contributed by atoms with E-state index in [-0.39, 0.29) is 0 Å². The van der Waals surface area contributed by atoms with Crippen LogP contribution in [-0.2, 0) is 0 Å². The Hall–Kier alpha value is -1.13. The van der Waals surface area contributed by atoms with Gasteiger partial charge in [0.1, 0.15) is 0 Å². The quantitative estimate of drug-likeness (QED) is 0.876. The molecule has 1 aliphatic rings. The van der Waals surface area contributed by atoms with Crippen molar-refractivity contribution in [3.05, 3.63) is 24.0 Å². The second-order valence-corrected chi connectivity index (χ2v) is 5.73. The first kappa shape index (κ1) is 13.3. The average molecular weight is 249 g/mol. The average Bonchev–Trinajstić information content (AvgIpc) is 2.28. The summed E-state index contributed by atoms with van der Waals surface area (Å²) >= 11 is 0. The Morgan fingerprint density at radius 2 is 1.94 bits per heavy atom. The predicted molar refractivity (Wildman–Crippen MR) is 73.9 cm³/mol. The van der Waals surface area contributed by atoms with Gasteiger partial charge in [-0.2, -0.15) is 0 Å².